The van der Waals surface area contributed by atoms with Gasteiger partial charge >= 0.3 is 0 Å². The Labute approximate surface area is 107 Å². The van der Waals surface area contributed by atoms with Gasteiger partial charge in [-0.15, -0.1) is 5.10 Å². The van der Waals surface area contributed by atoms with Crippen molar-refractivity contribution in [2.24, 2.45) is 0 Å². The van der Waals surface area contributed by atoms with Gasteiger partial charge in [0.2, 0.25) is 0 Å². The van der Waals surface area contributed by atoms with Crippen LogP contribution in [0.3, 0.4) is 0 Å². The van der Waals surface area contributed by atoms with E-state index < -0.39 is 0 Å². The maximum atomic E-state index is 4.14. The summed E-state index contributed by atoms with van der Waals surface area (Å²) in [6.07, 6.45) is 7.43. The van der Waals surface area contributed by atoms with Crippen LogP contribution in [0, 0.1) is 0 Å². The molecule has 1 atom stereocenters. The number of rotatable bonds is 5. The summed E-state index contributed by atoms with van der Waals surface area (Å²) in [5, 5.41) is 15.3. The molecule has 2 rings (SSSR count). The SMILES string of the molecule is CNC(C)c1nnnn1CC1(SC)CCCC1. The monoisotopic (exact) mass is 255 g/mol. The molecule has 1 aliphatic carbocycles. The fourth-order valence-corrected chi connectivity index (χ4v) is 3.43. The molecule has 0 aromatic carbocycles. The van der Waals surface area contributed by atoms with Gasteiger partial charge in [0.15, 0.2) is 5.82 Å². The zero-order valence-corrected chi connectivity index (χ0v) is 11.6. The van der Waals surface area contributed by atoms with E-state index >= 15 is 0 Å². The van der Waals surface area contributed by atoms with E-state index in [0.29, 0.717) is 4.75 Å². The molecule has 1 aliphatic rings. The van der Waals surface area contributed by atoms with Crippen molar-refractivity contribution in [2.75, 3.05) is 13.3 Å². The number of hydrogen-bond acceptors (Lipinski definition) is 5. The Morgan fingerprint density at radius 3 is 2.76 bits per heavy atom. The highest BCUT2D eigenvalue weighted by Gasteiger charge is 2.34. The summed E-state index contributed by atoms with van der Waals surface area (Å²) in [5.74, 6) is 0.938. The molecule has 1 aromatic heterocycles. The highest BCUT2D eigenvalue weighted by atomic mass is 32.2. The fourth-order valence-electron chi connectivity index (χ4n) is 2.48. The third kappa shape index (κ3) is 2.63. The molecular formula is C11H21N5S. The van der Waals surface area contributed by atoms with Crippen LogP contribution >= 0.6 is 11.8 Å². The summed E-state index contributed by atoms with van der Waals surface area (Å²) in [5.41, 5.74) is 0. The van der Waals surface area contributed by atoms with Gasteiger partial charge in [-0.1, -0.05) is 12.8 Å². The second-order valence-corrected chi connectivity index (χ2v) is 6.07. The van der Waals surface area contributed by atoms with Crippen molar-refractivity contribution in [3.05, 3.63) is 5.82 Å². The minimum absolute atomic E-state index is 0.199. The molecule has 1 heterocycles. The molecule has 0 amide bonds. The lowest BCUT2D eigenvalue weighted by Crippen LogP contribution is -2.30. The highest BCUT2D eigenvalue weighted by molar-refractivity contribution is 8.00. The van der Waals surface area contributed by atoms with E-state index in [9.17, 15) is 0 Å². The van der Waals surface area contributed by atoms with E-state index in [0.717, 1.165) is 12.4 Å². The minimum atomic E-state index is 0.199. The van der Waals surface area contributed by atoms with Crippen LogP contribution in [-0.4, -0.2) is 38.3 Å². The number of aromatic nitrogens is 4. The second-order valence-electron chi connectivity index (χ2n) is 4.80. The summed E-state index contributed by atoms with van der Waals surface area (Å²) in [4.78, 5) is 0. The molecule has 1 N–H and O–H groups in total. The van der Waals surface area contributed by atoms with Gasteiger partial charge in [-0.05, 0) is 43.5 Å². The van der Waals surface area contributed by atoms with Gasteiger partial charge in [0.25, 0.3) is 0 Å². The van der Waals surface area contributed by atoms with Crippen molar-refractivity contribution >= 4 is 11.8 Å². The van der Waals surface area contributed by atoms with Crippen LogP contribution in [0.15, 0.2) is 0 Å². The lowest BCUT2D eigenvalue weighted by molar-refractivity contribution is 0.432. The smallest absolute Gasteiger partial charge is 0.167 e. The van der Waals surface area contributed by atoms with Gasteiger partial charge < -0.3 is 5.32 Å². The summed E-state index contributed by atoms with van der Waals surface area (Å²) in [7, 11) is 1.93. The van der Waals surface area contributed by atoms with Crippen LogP contribution < -0.4 is 5.32 Å². The van der Waals surface area contributed by atoms with Crippen molar-refractivity contribution in [2.45, 2.75) is 49.9 Å². The predicted molar refractivity (Wildman–Crippen MR) is 70.0 cm³/mol. The average Bonchev–Trinajstić information content (AvgIpc) is 2.98. The summed E-state index contributed by atoms with van der Waals surface area (Å²) < 4.78 is 2.32. The molecule has 0 radical (unpaired) electrons. The third-order valence-corrected chi connectivity index (χ3v) is 5.17. The van der Waals surface area contributed by atoms with Crippen LogP contribution in [0.25, 0.3) is 0 Å². The number of tetrazole rings is 1. The van der Waals surface area contributed by atoms with Crippen LogP contribution in [0.5, 0.6) is 0 Å². The zero-order valence-electron chi connectivity index (χ0n) is 10.8. The standard InChI is InChI=1S/C11H21N5S/c1-9(12-2)10-13-14-15-16(10)8-11(17-3)6-4-5-7-11/h9,12H,4-8H2,1-3H3. The first-order valence-electron chi connectivity index (χ1n) is 6.19. The predicted octanol–water partition coefficient (Wildman–Crippen LogP) is 1.63. The molecule has 6 heteroatoms. The molecule has 0 spiro atoms. The van der Waals surface area contributed by atoms with E-state index in [1.54, 1.807) is 0 Å². The largest absolute Gasteiger partial charge is 0.311 e. The van der Waals surface area contributed by atoms with Gasteiger partial charge in [0, 0.05) is 4.75 Å². The molecule has 1 saturated carbocycles. The summed E-state index contributed by atoms with van der Waals surface area (Å²) >= 11 is 1.97. The molecule has 1 aromatic rings. The molecule has 0 saturated heterocycles. The Bertz CT molecular complexity index is 358. The molecule has 1 unspecified atom stereocenters. The van der Waals surface area contributed by atoms with Crippen LogP contribution in [0.4, 0.5) is 0 Å². The van der Waals surface area contributed by atoms with Crippen LogP contribution in [-0.2, 0) is 6.54 Å². The molecular weight excluding hydrogens is 234 g/mol. The molecule has 1 fully saturated rings. The first-order chi connectivity index (χ1) is 8.21. The van der Waals surface area contributed by atoms with E-state index in [-0.39, 0.29) is 6.04 Å². The van der Waals surface area contributed by atoms with Crippen LogP contribution in [0.1, 0.15) is 44.5 Å². The Hall–Kier alpha value is -0.620. The minimum Gasteiger partial charge on any atom is -0.311 e. The zero-order chi connectivity index (χ0) is 12.3. The van der Waals surface area contributed by atoms with E-state index in [2.05, 4.69) is 34.0 Å². The number of hydrogen-bond donors (Lipinski definition) is 1. The fraction of sp³-hybridized carbons (Fsp3) is 0.909. The lowest BCUT2D eigenvalue weighted by Gasteiger charge is -2.27. The van der Waals surface area contributed by atoms with Gasteiger partial charge in [-0.25, -0.2) is 4.68 Å². The lowest BCUT2D eigenvalue weighted by atomic mass is 10.1. The first kappa shape index (κ1) is 12.8. The van der Waals surface area contributed by atoms with Crippen molar-refractivity contribution in [3.63, 3.8) is 0 Å². The molecule has 0 bridgehead atoms. The normalized spacial score (nSPS) is 20.6. The molecule has 17 heavy (non-hydrogen) atoms. The Balaban J connectivity index is 2.15. The maximum absolute atomic E-state index is 4.14. The Morgan fingerprint density at radius 2 is 2.18 bits per heavy atom. The van der Waals surface area contributed by atoms with E-state index in [1.807, 2.05) is 23.5 Å². The van der Waals surface area contributed by atoms with Crippen molar-refractivity contribution in [1.82, 2.24) is 25.5 Å². The average molecular weight is 255 g/mol. The number of thioether (sulfide) groups is 1. The van der Waals surface area contributed by atoms with E-state index in [1.165, 1.54) is 25.7 Å². The maximum Gasteiger partial charge on any atom is 0.167 e. The van der Waals surface area contributed by atoms with Crippen molar-refractivity contribution < 1.29 is 0 Å². The van der Waals surface area contributed by atoms with E-state index in [4.69, 9.17) is 0 Å². The quantitative estimate of drug-likeness (QED) is 0.866. The third-order valence-electron chi connectivity index (χ3n) is 3.77. The van der Waals surface area contributed by atoms with Crippen LogP contribution in [0.2, 0.25) is 0 Å². The first-order valence-corrected chi connectivity index (χ1v) is 7.42. The van der Waals surface area contributed by atoms with Gasteiger partial charge in [0.05, 0.1) is 12.6 Å². The van der Waals surface area contributed by atoms with Crippen molar-refractivity contribution in [1.29, 1.82) is 0 Å². The summed E-state index contributed by atoms with van der Waals surface area (Å²) in [6.45, 7) is 3.02. The van der Waals surface area contributed by atoms with Gasteiger partial charge in [-0.2, -0.15) is 11.8 Å². The van der Waals surface area contributed by atoms with Gasteiger partial charge in [-0.3, -0.25) is 0 Å². The van der Waals surface area contributed by atoms with Gasteiger partial charge in [0.1, 0.15) is 0 Å². The Morgan fingerprint density at radius 1 is 1.47 bits per heavy atom. The molecule has 5 nitrogen and oxygen atoms in total. The highest BCUT2D eigenvalue weighted by Crippen LogP contribution is 2.41. The molecule has 0 aliphatic heterocycles. The summed E-state index contributed by atoms with van der Waals surface area (Å²) in [6, 6.07) is 0.199. The Kier molecular flexibility index (Phi) is 4.04. The number of nitrogens with one attached hydrogen (secondary N) is 1. The van der Waals surface area contributed by atoms with Crippen molar-refractivity contribution in [3.8, 4) is 0 Å². The number of nitrogens with zero attached hydrogens (tertiary/aromatic N) is 4. The molecule has 96 valence electrons. The topological polar surface area (TPSA) is 55.6 Å². The second kappa shape index (κ2) is 5.35.